The minimum Gasteiger partial charge on any atom is -0.394 e. The van der Waals surface area contributed by atoms with Gasteiger partial charge in [-0.15, -0.1) is 0 Å². The Balaban J connectivity index is 1.96. The predicted molar refractivity (Wildman–Crippen MR) is 76.6 cm³/mol. The van der Waals surface area contributed by atoms with Crippen LogP contribution in [0.1, 0.15) is 71.6 Å². The molecule has 0 bridgehead atoms. The summed E-state index contributed by atoms with van der Waals surface area (Å²) < 4.78 is 0. The van der Waals surface area contributed by atoms with Crippen LogP contribution < -0.4 is 5.32 Å². The van der Waals surface area contributed by atoms with Gasteiger partial charge in [0.15, 0.2) is 0 Å². The first-order chi connectivity index (χ1) is 8.69. The van der Waals surface area contributed by atoms with Crippen LogP contribution in [0.3, 0.4) is 0 Å². The fraction of sp³-hybridized carbons (Fsp3) is 1.00. The van der Waals surface area contributed by atoms with Gasteiger partial charge in [0.1, 0.15) is 0 Å². The molecule has 0 aromatic carbocycles. The second-order valence-electron chi connectivity index (χ2n) is 6.82. The highest BCUT2D eigenvalue weighted by Gasteiger charge is 2.37. The summed E-state index contributed by atoms with van der Waals surface area (Å²) in [5.41, 5.74) is 0.0436. The Labute approximate surface area is 113 Å². The number of hydrogen-bond acceptors (Lipinski definition) is 2. The highest BCUT2D eigenvalue weighted by Crippen LogP contribution is 2.35. The van der Waals surface area contributed by atoms with Crippen LogP contribution in [0.2, 0.25) is 0 Å². The molecule has 18 heavy (non-hydrogen) atoms. The molecule has 0 aromatic heterocycles. The van der Waals surface area contributed by atoms with Crippen LogP contribution in [-0.2, 0) is 0 Å². The number of rotatable bonds is 4. The fourth-order valence-electron chi connectivity index (χ4n) is 3.94. The summed E-state index contributed by atoms with van der Waals surface area (Å²) in [4.78, 5) is 0. The molecule has 0 radical (unpaired) electrons. The lowest BCUT2D eigenvalue weighted by molar-refractivity contribution is 0.0746. The van der Waals surface area contributed by atoms with Gasteiger partial charge in [-0.05, 0) is 50.4 Å². The van der Waals surface area contributed by atoms with Crippen molar-refractivity contribution >= 4 is 0 Å². The van der Waals surface area contributed by atoms with E-state index < -0.39 is 0 Å². The van der Waals surface area contributed by atoms with Crippen LogP contribution in [0.15, 0.2) is 0 Å². The summed E-state index contributed by atoms with van der Waals surface area (Å²) in [7, 11) is 0. The van der Waals surface area contributed by atoms with Gasteiger partial charge in [-0.25, -0.2) is 0 Å². The van der Waals surface area contributed by atoms with Crippen molar-refractivity contribution in [2.75, 3.05) is 6.61 Å². The maximum absolute atomic E-state index is 9.85. The molecule has 106 valence electrons. The van der Waals surface area contributed by atoms with E-state index in [1.54, 1.807) is 0 Å². The van der Waals surface area contributed by atoms with Crippen LogP contribution in [0.25, 0.3) is 0 Å². The van der Waals surface area contributed by atoms with Crippen molar-refractivity contribution in [3.63, 3.8) is 0 Å². The van der Waals surface area contributed by atoms with E-state index in [0.717, 1.165) is 24.7 Å². The quantitative estimate of drug-likeness (QED) is 0.804. The SMILES string of the molecule is CCC1CCCCC1NC1(CO)CCC(C)CC1. The van der Waals surface area contributed by atoms with E-state index >= 15 is 0 Å². The van der Waals surface area contributed by atoms with E-state index in [4.69, 9.17) is 0 Å². The van der Waals surface area contributed by atoms with Crippen LogP contribution in [0.4, 0.5) is 0 Å². The molecular formula is C16H31NO. The molecule has 0 aliphatic heterocycles. The maximum Gasteiger partial charge on any atom is 0.0613 e. The molecule has 2 aliphatic rings. The fourth-order valence-corrected chi connectivity index (χ4v) is 3.94. The van der Waals surface area contributed by atoms with Crippen LogP contribution >= 0.6 is 0 Å². The molecule has 0 spiro atoms. The molecule has 2 saturated carbocycles. The number of aliphatic hydroxyl groups is 1. The molecule has 0 aromatic rings. The third kappa shape index (κ3) is 3.27. The molecule has 0 saturated heterocycles. The van der Waals surface area contributed by atoms with Gasteiger partial charge in [-0.3, -0.25) is 0 Å². The highest BCUT2D eigenvalue weighted by molar-refractivity contribution is 4.96. The van der Waals surface area contributed by atoms with Crippen molar-refractivity contribution < 1.29 is 5.11 Å². The first-order valence-electron chi connectivity index (χ1n) is 8.07. The summed E-state index contributed by atoms with van der Waals surface area (Å²) in [5.74, 6) is 1.68. The van der Waals surface area contributed by atoms with Gasteiger partial charge in [0, 0.05) is 11.6 Å². The Kier molecular flexibility index (Phi) is 5.08. The first kappa shape index (κ1) is 14.3. The molecule has 2 aliphatic carbocycles. The third-order valence-corrected chi connectivity index (χ3v) is 5.46. The van der Waals surface area contributed by atoms with Crippen molar-refractivity contribution in [2.24, 2.45) is 11.8 Å². The number of nitrogens with one attached hydrogen (secondary N) is 1. The summed E-state index contributed by atoms with van der Waals surface area (Å²) in [5, 5.41) is 13.7. The zero-order valence-corrected chi connectivity index (χ0v) is 12.3. The van der Waals surface area contributed by atoms with E-state index in [1.165, 1.54) is 44.9 Å². The molecule has 2 unspecified atom stereocenters. The Morgan fingerprint density at radius 2 is 1.78 bits per heavy atom. The van der Waals surface area contributed by atoms with Gasteiger partial charge in [0.2, 0.25) is 0 Å². The zero-order valence-electron chi connectivity index (χ0n) is 12.3. The van der Waals surface area contributed by atoms with Crippen molar-refractivity contribution in [3.8, 4) is 0 Å². The molecule has 2 atom stereocenters. The second-order valence-corrected chi connectivity index (χ2v) is 6.82. The zero-order chi connectivity index (χ0) is 13.0. The normalized spacial score (nSPS) is 41.8. The molecule has 2 rings (SSSR count). The highest BCUT2D eigenvalue weighted by atomic mass is 16.3. The van der Waals surface area contributed by atoms with Crippen LogP contribution in [0.5, 0.6) is 0 Å². The molecule has 0 amide bonds. The van der Waals surface area contributed by atoms with E-state index in [0.29, 0.717) is 12.6 Å². The van der Waals surface area contributed by atoms with E-state index in [1.807, 2.05) is 0 Å². The molecule has 0 heterocycles. The van der Waals surface area contributed by atoms with Crippen molar-refractivity contribution in [1.29, 1.82) is 0 Å². The number of hydrogen-bond donors (Lipinski definition) is 2. The van der Waals surface area contributed by atoms with Crippen LogP contribution in [-0.4, -0.2) is 23.3 Å². The minimum absolute atomic E-state index is 0.0436. The topological polar surface area (TPSA) is 32.3 Å². The van der Waals surface area contributed by atoms with Crippen LogP contribution in [0, 0.1) is 11.8 Å². The molecule has 2 heteroatoms. The average Bonchev–Trinajstić information content (AvgIpc) is 2.42. The van der Waals surface area contributed by atoms with Gasteiger partial charge in [-0.2, -0.15) is 0 Å². The standard InChI is InChI=1S/C16H31NO/c1-3-14-6-4-5-7-15(14)17-16(12-18)10-8-13(2)9-11-16/h13-15,17-18H,3-12H2,1-2H3. The number of aliphatic hydroxyl groups excluding tert-OH is 1. The predicted octanol–water partition coefficient (Wildman–Crippen LogP) is 3.49. The van der Waals surface area contributed by atoms with E-state index in [9.17, 15) is 5.11 Å². The minimum atomic E-state index is 0.0436. The molecule has 2 nitrogen and oxygen atoms in total. The van der Waals surface area contributed by atoms with Gasteiger partial charge < -0.3 is 10.4 Å². The lowest BCUT2D eigenvalue weighted by atomic mass is 9.75. The van der Waals surface area contributed by atoms with E-state index in [-0.39, 0.29) is 5.54 Å². The summed E-state index contributed by atoms with van der Waals surface area (Å²) in [6.07, 6.45) is 11.6. The lowest BCUT2D eigenvalue weighted by Crippen LogP contribution is -2.57. The van der Waals surface area contributed by atoms with Crippen molar-refractivity contribution in [2.45, 2.75) is 83.2 Å². The lowest BCUT2D eigenvalue weighted by Gasteiger charge is -2.44. The summed E-state index contributed by atoms with van der Waals surface area (Å²) in [6.45, 7) is 4.99. The van der Waals surface area contributed by atoms with Gasteiger partial charge in [0.25, 0.3) is 0 Å². The maximum atomic E-state index is 9.85. The largest absolute Gasteiger partial charge is 0.394 e. The monoisotopic (exact) mass is 253 g/mol. The molecule has 2 N–H and O–H groups in total. The Morgan fingerprint density at radius 1 is 1.11 bits per heavy atom. The molecular weight excluding hydrogens is 222 g/mol. The van der Waals surface area contributed by atoms with Gasteiger partial charge >= 0.3 is 0 Å². The van der Waals surface area contributed by atoms with Gasteiger partial charge in [0.05, 0.1) is 6.61 Å². The smallest absolute Gasteiger partial charge is 0.0613 e. The Hall–Kier alpha value is -0.0800. The average molecular weight is 253 g/mol. The second kappa shape index (κ2) is 6.38. The Morgan fingerprint density at radius 3 is 2.39 bits per heavy atom. The van der Waals surface area contributed by atoms with Gasteiger partial charge in [-0.1, -0.05) is 33.1 Å². The first-order valence-corrected chi connectivity index (χ1v) is 8.07. The van der Waals surface area contributed by atoms with Crippen molar-refractivity contribution in [1.82, 2.24) is 5.32 Å². The molecule has 2 fully saturated rings. The summed E-state index contributed by atoms with van der Waals surface area (Å²) >= 11 is 0. The van der Waals surface area contributed by atoms with E-state index in [2.05, 4.69) is 19.2 Å². The summed E-state index contributed by atoms with van der Waals surface area (Å²) in [6, 6.07) is 0.657. The van der Waals surface area contributed by atoms with Crippen molar-refractivity contribution in [3.05, 3.63) is 0 Å². The Bertz CT molecular complexity index is 245. The third-order valence-electron chi connectivity index (χ3n) is 5.46.